The predicted octanol–water partition coefficient (Wildman–Crippen LogP) is 4.92. The molecule has 1 aliphatic carbocycles. The summed E-state index contributed by atoms with van der Waals surface area (Å²) in [5, 5.41) is 19.6. The van der Waals surface area contributed by atoms with Crippen LogP contribution >= 0.6 is 11.6 Å². The highest BCUT2D eigenvalue weighted by Gasteiger charge is 2.62. The van der Waals surface area contributed by atoms with Crippen LogP contribution in [-0.4, -0.2) is 60.7 Å². The van der Waals surface area contributed by atoms with Crippen molar-refractivity contribution >= 4 is 17.4 Å². The van der Waals surface area contributed by atoms with Crippen LogP contribution in [0.15, 0.2) is 30.3 Å². The summed E-state index contributed by atoms with van der Waals surface area (Å²) < 4.78 is 56.3. The molecule has 2 fully saturated rings. The highest BCUT2D eigenvalue weighted by molar-refractivity contribution is 6.30. The molecule has 2 aromatic heterocycles. The molecule has 0 radical (unpaired) electrons. The first-order valence-electron chi connectivity index (χ1n) is 12.7. The van der Waals surface area contributed by atoms with E-state index in [0.717, 1.165) is 35.6 Å². The van der Waals surface area contributed by atoms with Crippen LogP contribution in [0.2, 0.25) is 5.02 Å². The van der Waals surface area contributed by atoms with Crippen LogP contribution in [-0.2, 0) is 13.1 Å². The van der Waals surface area contributed by atoms with Gasteiger partial charge in [0, 0.05) is 55.2 Å². The Balaban J connectivity index is 1.27. The molecule has 1 aromatic carbocycles. The number of piperidine rings is 1. The van der Waals surface area contributed by atoms with Gasteiger partial charge in [0.2, 0.25) is 0 Å². The first kappa shape index (κ1) is 25.5. The lowest BCUT2D eigenvalue weighted by Crippen LogP contribution is -2.61. The highest BCUT2D eigenvalue weighted by Crippen LogP contribution is 2.48. The Bertz CT molecular complexity index is 1360. The Labute approximate surface area is 222 Å². The maximum atomic E-state index is 14.4. The number of aliphatic hydroxyl groups is 1. The Kier molecular flexibility index (Phi) is 6.16. The van der Waals surface area contributed by atoms with Crippen LogP contribution in [0.25, 0.3) is 5.69 Å². The molecular formula is C26H27ClF4N6O. The molecule has 7 nitrogen and oxygen atoms in total. The van der Waals surface area contributed by atoms with E-state index in [0.29, 0.717) is 42.8 Å². The van der Waals surface area contributed by atoms with Gasteiger partial charge in [0.15, 0.2) is 23.1 Å². The van der Waals surface area contributed by atoms with Crippen molar-refractivity contribution in [1.29, 1.82) is 0 Å². The summed E-state index contributed by atoms with van der Waals surface area (Å²) >= 11 is 6.31. The number of pyridine rings is 1. The summed E-state index contributed by atoms with van der Waals surface area (Å²) in [5.74, 6) is 1.50. The van der Waals surface area contributed by atoms with Gasteiger partial charge in [0.05, 0.1) is 12.2 Å². The molecule has 3 aliphatic rings. The molecule has 3 aromatic rings. The number of hydrogen-bond acceptors (Lipinski definition) is 6. The van der Waals surface area contributed by atoms with Crippen molar-refractivity contribution in [3.05, 3.63) is 64.1 Å². The smallest absolute Gasteiger partial charge is 0.380 e. The van der Waals surface area contributed by atoms with Crippen LogP contribution in [0.5, 0.6) is 0 Å². The Morgan fingerprint density at radius 3 is 2.50 bits per heavy atom. The third-order valence-corrected chi connectivity index (χ3v) is 8.31. The fourth-order valence-corrected chi connectivity index (χ4v) is 6.07. The second-order valence-electron chi connectivity index (χ2n) is 10.6. The SMILES string of the molecule is Cc1ccc(F)c(N2CCC(c3nnc4n3-c3ccc(Cl)cc3CN(C3CC(O)(C(F)(F)F)C3)C4)CC2)n1. The topological polar surface area (TPSA) is 70.3 Å². The number of benzene rings is 1. The van der Waals surface area contributed by atoms with E-state index in [-0.39, 0.29) is 24.6 Å². The zero-order valence-electron chi connectivity index (χ0n) is 20.7. The van der Waals surface area contributed by atoms with Crippen LogP contribution in [0, 0.1) is 12.7 Å². The van der Waals surface area contributed by atoms with Crippen molar-refractivity contribution in [2.24, 2.45) is 0 Å². The van der Waals surface area contributed by atoms with Crippen molar-refractivity contribution in [2.45, 2.75) is 69.4 Å². The van der Waals surface area contributed by atoms with Gasteiger partial charge in [-0.25, -0.2) is 9.37 Å². The molecule has 1 saturated carbocycles. The molecule has 2 aliphatic heterocycles. The van der Waals surface area contributed by atoms with E-state index in [1.807, 2.05) is 33.4 Å². The van der Waals surface area contributed by atoms with Crippen LogP contribution < -0.4 is 4.90 Å². The Morgan fingerprint density at radius 2 is 1.79 bits per heavy atom. The molecule has 0 unspecified atom stereocenters. The first-order chi connectivity index (χ1) is 18.0. The van der Waals surface area contributed by atoms with Gasteiger partial charge in [-0.1, -0.05) is 11.6 Å². The number of hydrogen-bond donors (Lipinski definition) is 1. The van der Waals surface area contributed by atoms with Crippen LogP contribution in [0.1, 0.15) is 54.5 Å². The van der Waals surface area contributed by atoms with Crippen LogP contribution in [0.4, 0.5) is 23.4 Å². The van der Waals surface area contributed by atoms with E-state index in [4.69, 9.17) is 11.6 Å². The van der Waals surface area contributed by atoms with Gasteiger partial charge in [0.1, 0.15) is 5.82 Å². The molecule has 202 valence electrons. The van der Waals surface area contributed by atoms with E-state index in [1.165, 1.54) is 6.07 Å². The zero-order valence-corrected chi connectivity index (χ0v) is 21.5. The van der Waals surface area contributed by atoms with Crippen molar-refractivity contribution in [1.82, 2.24) is 24.6 Å². The minimum absolute atomic E-state index is 0.0643. The highest BCUT2D eigenvalue weighted by atomic mass is 35.5. The lowest BCUT2D eigenvalue weighted by Gasteiger charge is -2.48. The van der Waals surface area contributed by atoms with Gasteiger partial charge in [-0.2, -0.15) is 13.2 Å². The molecule has 6 rings (SSSR count). The largest absolute Gasteiger partial charge is 0.417 e. The van der Waals surface area contributed by atoms with Crippen molar-refractivity contribution in [3.63, 3.8) is 0 Å². The van der Waals surface area contributed by atoms with Crippen LogP contribution in [0.3, 0.4) is 0 Å². The van der Waals surface area contributed by atoms with E-state index in [2.05, 4.69) is 15.2 Å². The normalized spacial score (nSPS) is 24.5. The number of rotatable bonds is 3. The molecule has 1 saturated heterocycles. The first-order valence-corrected chi connectivity index (χ1v) is 13.0. The summed E-state index contributed by atoms with van der Waals surface area (Å²) in [6.45, 7) is 3.74. The lowest BCUT2D eigenvalue weighted by atomic mass is 9.74. The van der Waals surface area contributed by atoms with Crippen molar-refractivity contribution < 1.29 is 22.7 Å². The molecule has 0 atom stereocenters. The average molecular weight is 551 g/mol. The summed E-state index contributed by atoms with van der Waals surface area (Å²) in [6.07, 6.45) is -3.97. The van der Waals surface area contributed by atoms with Crippen molar-refractivity contribution in [3.8, 4) is 5.69 Å². The quantitative estimate of drug-likeness (QED) is 0.467. The fourth-order valence-electron chi connectivity index (χ4n) is 5.88. The number of anilines is 1. The van der Waals surface area contributed by atoms with Gasteiger partial charge >= 0.3 is 6.18 Å². The molecule has 0 spiro atoms. The summed E-state index contributed by atoms with van der Waals surface area (Å²) in [4.78, 5) is 8.25. The zero-order chi connectivity index (χ0) is 26.8. The second kappa shape index (κ2) is 9.17. The molecule has 38 heavy (non-hydrogen) atoms. The molecular weight excluding hydrogens is 524 g/mol. The molecule has 1 N–H and O–H groups in total. The third-order valence-electron chi connectivity index (χ3n) is 8.07. The standard InChI is InChI=1S/C26H27ClF4N6O/c1-15-2-4-20(28)24(32-15)35-8-6-16(7-9-35)23-34-33-22-14-36(19-11-25(38,12-19)26(29,30)31)13-17-10-18(27)3-5-21(17)37(22)23/h2-5,10,16,19,38H,6-9,11-14H2,1H3. The molecule has 0 amide bonds. The molecule has 12 heteroatoms. The maximum absolute atomic E-state index is 14.4. The summed E-state index contributed by atoms with van der Waals surface area (Å²) in [5.41, 5.74) is -0.180. The van der Waals surface area contributed by atoms with Gasteiger partial charge in [-0.3, -0.25) is 9.47 Å². The predicted molar refractivity (Wildman–Crippen MR) is 133 cm³/mol. The Morgan fingerprint density at radius 1 is 1.05 bits per heavy atom. The van der Waals surface area contributed by atoms with Gasteiger partial charge < -0.3 is 10.0 Å². The lowest BCUT2D eigenvalue weighted by molar-refractivity contribution is -0.300. The number of aryl methyl sites for hydroxylation is 1. The van der Waals surface area contributed by atoms with Gasteiger partial charge in [-0.15, -0.1) is 10.2 Å². The third kappa shape index (κ3) is 4.34. The fraction of sp³-hybridized carbons (Fsp3) is 0.500. The van der Waals surface area contributed by atoms with E-state index < -0.39 is 17.8 Å². The molecule has 0 bridgehead atoms. The van der Waals surface area contributed by atoms with Gasteiger partial charge in [-0.05, 0) is 55.7 Å². The number of nitrogens with zero attached hydrogens (tertiary/aromatic N) is 6. The number of halogens is 5. The van der Waals surface area contributed by atoms with Crippen molar-refractivity contribution in [2.75, 3.05) is 18.0 Å². The summed E-state index contributed by atoms with van der Waals surface area (Å²) in [6, 6.07) is 8.15. The van der Waals surface area contributed by atoms with E-state index >= 15 is 0 Å². The number of aromatic nitrogens is 4. The molecule has 4 heterocycles. The monoisotopic (exact) mass is 550 g/mol. The number of alkyl halides is 3. The van der Waals surface area contributed by atoms with E-state index in [1.54, 1.807) is 12.1 Å². The van der Waals surface area contributed by atoms with E-state index in [9.17, 15) is 22.7 Å². The Hall–Kier alpha value is -2.76. The number of fused-ring (bicyclic) bond motifs is 3. The average Bonchev–Trinajstić information content (AvgIpc) is 3.19. The summed E-state index contributed by atoms with van der Waals surface area (Å²) in [7, 11) is 0. The minimum Gasteiger partial charge on any atom is -0.380 e. The second-order valence-corrected chi connectivity index (χ2v) is 11.0. The maximum Gasteiger partial charge on any atom is 0.417 e. The van der Waals surface area contributed by atoms with Gasteiger partial charge in [0.25, 0.3) is 0 Å². The minimum atomic E-state index is -4.66.